The predicted octanol–water partition coefficient (Wildman–Crippen LogP) is -2.48. The maximum atomic E-state index is 11.2. The molecule has 0 radical (unpaired) electrons. The van der Waals surface area contributed by atoms with Crippen LogP contribution in [0.1, 0.15) is 0 Å². The molecule has 0 unspecified atom stereocenters. The fourth-order valence-electron chi connectivity index (χ4n) is 1.83. The Kier molecular flexibility index (Phi) is 1.79. The molecule has 2 aliphatic heterocycles. The monoisotopic (exact) mass is 172 g/mol. The van der Waals surface area contributed by atoms with Gasteiger partial charge in [-0.3, -0.25) is 4.79 Å². The fraction of sp³-hybridized carbons (Fsp3) is 0.857. The topological polar surface area (TPSA) is 72.8 Å². The van der Waals surface area contributed by atoms with Gasteiger partial charge in [-0.15, -0.1) is 0 Å². The van der Waals surface area contributed by atoms with Crippen LogP contribution in [0.4, 0.5) is 0 Å². The van der Waals surface area contributed by atoms with E-state index in [9.17, 15) is 15.0 Å². The molecule has 0 aromatic rings. The van der Waals surface area contributed by atoms with E-state index in [-0.39, 0.29) is 18.5 Å². The Balaban J connectivity index is 2.16. The smallest absolute Gasteiger partial charge is 0.237 e. The Bertz CT molecular complexity index is 209. The molecule has 2 heterocycles. The Morgan fingerprint density at radius 3 is 2.92 bits per heavy atom. The number of aliphatic hydroxyl groups is 2. The molecule has 0 aromatic heterocycles. The standard InChI is InChI=1S/C7H12N2O3/c10-5-3-9-4(7(5)12)1-8-2-6(9)11/h4-5,7-8,10,12H,1-3H2/t4-,5-,7-/m1/s1. The molecule has 0 aliphatic carbocycles. The average molecular weight is 172 g/mol. The van der Waals surface area contributed by atoms with Gasteiger partial charge in [-0.05, 0) is 0 Å². The van der Waals surface area contributed by atoms with Crippen LogP contribution in [0.3, 0.4) is 0 Å². The second-order valence-corrected chi connectivity index (χ2v) is 3.30. The predicted molar refractivity (Wildman–Crippen MR) is 40.4 cm³/mol. The number of carbonyl (C=O) groups excluding carboxylic acids is 1. The van der Waals surface area contributed by atoms with E-state index in [0.29, 0.717) is 13.1 Å². The Hall–Kier alpha value is -0.650. The first-order valence-corrected chi connectivity index (χ1v) is 4.06. The van der Waals surface area contributed by atoms with E-state index >= 15 is 0 Å². The third-order valence-corrected chi connectivity index (χ3v) is 2.52. The molecular weight excluding hydrogens is 160 g/mol. The summed E-state index contributed by atoms with van der Waals surface area (Å²) < 4.78 is 0. The molecule has 2 rings (SSSR count). The summed E-state index contributed by atoms with van der Waals surface area (Å²) in [7, 11) is 0. The van der Waals surface area contributed by atoms with Gasteiger partial charge in [0.15, 0.2) is 0 Å². The third kappa shape index (κ3) is 1.01. The summed E-state index contributed by atoms with van der Waals surface area (Å²) in [5.74, 6) is -0.0400. The molecular formula is C7H12N2O3. The lowest BCUT2D eigenvalue weighted by molar-refractivity contribution is -0.134. The van der Waals surface area contributed by atoms with E-state index in [1.807, 2.05) is 0 Å². The minimum Gasteiger partial charge on any atom is -0.388 e. The Labute approximate surface area is 70.0 Å². The van der Waals surface area contributed by atoms with Crippen LogP contribution < -0.4 is 5.32 Å². The molecule has 5 heteroatoms. The summed E-state index contributed by atoms with van der Waals surface area (Å²) in [6.45, 7) is 1.16. The largest absolute Gasteiger partial charge is 0.388 e. The van der Waals surface area contributed by atoms with Crippen molar-refractivity contribution in [1.29, 1.82) is 0 Å². The zero-order valence-corrected chi connectivity index (χ0v) is 6.60. The number of aliphatic hydroxyl groups excluding tert-OH is 2. The highest BCUT2D eigenvalue weighted by Crippen LogP contribution is 2.19. The number of rotatable bonds is 0. The second-order valence-electron chi connectivity index (χ2n) is 3.30. The summed E-state index contributed by atoms with van der Waals surface area (Å²) >= 11 is 0. The van der Waals surface area contributed by atoms with E-state index < -0.39 is 12.2 Å². The van der Waals surface area contributed by atoms with Gasteiger partial charge in [-0.25, -0.2) is 0 Å². The van der Waals surface area contributed by atoms with Gasteiger partial charge in [0.1, 0.15) is 6.10 Å². The first-order valence-electron chi connectivity index (χ1n) is 4.06. The molecule has 0 aromatic carbocycles. The van der Waals surface area contributed by atoms with Gasteiger partial charge in [0.05, 0.1) is 18.7 Å². The first kappa shape index (κ1) is 7.97. The van der Waals surface area contributed by atoms with Crippen molar-refractivity contribution < 1.29 is 15.0 Å². The van der Waals surface area contributed by atoms with Crippen LogP contribution in [0.15, 0.2) is 0 Å². The molecule has 2 saturated heterocycles. The molecule has 0 bridgehead atoms. The molecule has 5 nitrogen and oxygen atoms in total. The number of nitrogens with zero attached hydrogens (tertiary/aromatic N) is 1. The van der Waals surface area contributed by atoms with E-state index in [2.05, 4.69) is 5.32 Å². The van der Waals surface area contributed by atoms with Crippen LogP contribution in [-0.2, 0) is 4.79 Å². The lowest BCUT2D eigenvalue weighted by atomic mass is 10.1. The summed E-state index contributed by atoms with van der Waals surface area (Å²) in [6.07, 6.45) is -1.57. The number of carbonyl (C=O) groups is 1. The van der Waals surface area contributed by atoms with E-state index in [1.54, 1.807) is 4.90 Å². The van der Waals surface area contributed by atoms with Crippen molar-refractivity contribution in [3.8, 4) is 0 Å². The molecule has 1 amide bonds. The Morgan fingerprint density at radius 1 is 1.50 bits per heavy atom. The summed E-state index contributed by atoms with van der Waals surface area (Å²) in [4.78, 5) is 12.8. The van der Waals surface area contributed by atoms with E-state index in [1.165, 1.54) is 0 Å². The van der Waals surface area contributed by atoms with Crippen LogP contribution in [0.2, 0.25) is 0 Å². The Morgan fingerprint density at radius 2 is 2.25 bits per heavy atom. The number of hydrogen-bond donors (Lipinski definition) is 3. The van der Waals surface area contributed by atoms with Gasteiger partial charge in [0.25, 0.3) is 0 Å². The van der Waals surface area contributed by atoms with Crippen molar-refractivity contribution in [1.82, 2.24) is 10.2 Å². The van der Waals surface area contributed by atoms with Crippen molar-refractivity contribution >= 4 is 5.91 Å². The number of piperazine rings is 1. The molecule has 2 fully saturated rings. The van der Waals surface area contributed by atoms with Crippen LogP contribution in [0, 0.1) is 0 Å². The lowest BCUT2D eigenvalue weighted by Crippen LogP contribution is -2.54. The van der Waals surface area contributed by atoms with Crippen molar-refractivity contribution in [3.05, 3.63) is 0 Å². The molecule has 12 heavy (non-hydrogen) atoms. The van der Waals surface area contributed by atoms with Crippen LogP contribution in [-0.4, -0.2) is 58.9 Å². The summed E-state index contributed by atoms with van der Waals surface area (Å²) in [5.41, 5.74) is 0. The maximum Gasteiger partial charge on any atom is 0.237 e. The molecule has 68 valence electrons. The van der Waals surface area contributed by atoms with Crippen molar-refractivity contribution in [2.24, 2.45) is 0 Å². The zero-order chi connectivity index (χ0) is 8.72. The van der Waals surface area contributed by atoms with Crippen molar-refractivity contribution in [2.45, 2.75) is 18.2 Å². The van der Waals surface area contributed by atoms with Gasteiger partial charge in [0, 0.05) is 13.1 Å². The van der Waals surface area contributed by atoms with Gasteiger partial charge in [-0.1, -0.05) is 0 Å². The maximum absolute atomic E-state index is 11.2. The number of fused-ring (bicyclic) bond motifs is 1. The molecule has 0 saturated carbocycles. The van der Waals surface area contributed by atoms with E-state index in [4.69, 9.17) is 0 Å². The highest BCUT2D eigenvalue weighted by molar-refractivity contribution is 5.80. The molecule has 2 aliphatic rings. The minimum atomic E-state index is -0.790. The van der Waals surface area contributed by atoms with Gasteiger partial charge in [0.2, 0.25) is 5.91 Å². The van der Waals surface area contributed by atoms with Gasteiger partial charge >= 0.3 is 0 Å². The summed E-state index contributed by atoms with van der Waals surface area (Å²) in [6, 6.07) is -0.235. The summed E-state index contributed by atoms with van der Waals surface area (Å²) in [5, 5.41) is 21.6. The van der Waals surface area contributed by atoms with Crippen molar-refractivity contribution in [3.63, 3.8) is 0 Å². The molecule has 3 N–H and O–H groups in total. The van der Waals surface area contributed by atoms with E-state index in [0.717, 1.165) is 0 Å². The minimum absolute atomic E-state index is 0.0400. The quantitative estimate of drug-likeness (QED) is 0.378. The zero-order valence-electron chi connectivity index (χ0n) is 6.60. The normalized spacial score (nSPS) is 41.7. The molecule has 3 atom stereocenters. The number of nitrogens with one attached hydrogen (secondary N) is 1. The fourth-order valence-corrected chi connectivity index (χ4v) is 1.83. The van der Waals surface area contributed by atoms with Gasteiger partial charge in [-0.2, -0.15) is 0 Å². The SMILES string of the molecule is O=C1CNC[C@@H]2[C@@H](O)[C@H](O)CN12. The highest BCUT2D eigenvalue weighted by Gasteiger charge is 2.43. The highest BCUT2D eigenvalue weighted by atomic mass is 16.3. The average Bonchev–Trinajstić information content (AvgIpc) is 2.32. The second kappa shape index (κ2) is 2.69. The molecule has 0 spiro atoms. The first-order chi connectivity index (χ1) is 5.70. The third-order valence-electron chi connectivity index (χ3n) is 2.52. The number of hydrogen-bond acceptors (Lipinski definition) is 4. The van der Waals surface area contributed by atoms with Crippen LogP contribution in [0.25, 0.3) is 0 Å². The van der Waals surface area contributed by atoms with Crippen LogP contribution in [0.5, 0.6) is 0 Å². The van der Waals surface area contributed by atoms with Crippen LogP contribution >= 0.6 is 0 Å². The van der Waals surface area contributed by atoms with Gasteiger partial charge < -0.3 is 20.4 Å². The lowest BCUT2D eigenvalue weighted by Gasteiger charge is -2.30. The number of amides is 1. The van der Waals surface area contributed by atoms with Crippen molar-refractivity contribution in [2.75, 3.05) is 19.6 Å².